The Balaban J connectivity index is 1.70. The Morgan fingerprint density at radius 3 is 2.44 bits per heavy atom. The zero-order valence-electron chi connectivity index (χ0n) is 20.9. The van der Waals surface area contributed by atoms with Crippen molar-refractivity contribution in [2.24, 2.45) is 0 Å². The van der Waals surface area contributed by atoms with Crippen molar-refractivity contribution >= 4 is 17.4 Å². The molecule has 4 rings (SSSR count). The monoisotopic (exact) mass is 494 g/mol. The molecule has 8 nitrogen and oxygen atoms in total. The van der Waals surface area contributed by atoms with E-state index in [1.807, 2.05) is 38.1 Å². The van der Waals surface area contributed by atoms with E-state index < -0.39 is 17.7 Å². The molecule has 2 saturated heterocycles. The molecular formula is C28H34N2O6. The van der Waals surface area contributed by atoms with Gasteiger partial charge in [-0.15, -0.1) is 0 Å². The number of nitrogens with zero attached hydrogens (tertiary/aromatic N) is 2. The molecule has 36 heavy (non-hydrogen) atoms. The van der Waals surface area contributed by atoms with E-state index in [0.717, 1.165) is 19.5 Å². The van der Waals surface area contributed by atoms with Crippen LogP contribution in [0.3, 0.4) is 0 Å². The van der Waals surface area contributed by atoms with Crippen LogP contribution in [0.25, 0.3) is 5.76 Å². The third-order valence-electron chi connectivity index (χ3n) is 6.39. The molecule has 1 atom stereocenters. The van der Waals surface area contributed by atoms with Gasteiger partial charge in [0.05, 0.1) is 38.0 Å². The van der Waals surface area contributed by atoms with Crippen molar-refractivity contribution in [3.8, 4) is 11.5 Å². The smallest absolute Gasteiger partial charge is 0.295 e. The summed E-state index contributed by atoms with van der Waals surface area (Å²) in [6.45, 7) is 8.84. The minimum atomic E-state index is -0.720. The Morgan fingerprint density at radius 2 is 1.75 bits per heavy atom. The highest BCUT2D eigenvalue weighted by Gasteiger charge is 2.46. The van der Waals surface area contributed by atoms with Crippen molar-refractivity contribution < 1.29 is 28.9 Å². The molecule has 0 aliphatic carbocycles. The molecule has 2 aromatic carbocycles. The minimum Gasteiger partial charge on any atom is -0.507 e. The van der Waals surface area contributed by atoms with Gasteiger partial charge >= 0.3 is 0 Å². The summed E-state index contributed by atoms with van der Waals surface area (Å²) in [5, 5.41) is 11.3. The lowest BCUT2D eigenvalue weighted by Crippen LogP contribution is -2.42. The summed E-state index contributed by atoms with van der Waals surface area (Å²) < 4.78 is 16.7. The van der Waals surface area contributed by atoms with Crippen LogP contribution in [0.5, 0.6) is 11.5 Å². The first-order valence-electron chi connectivity index (χ1n) is 12.6. The molecule has 1 N–H and O–H groups in total. The van der Waals surface area contributed by atoms with E-state index in [2.05, 4.69) is 4.90 Å². The van der Waals surface area contributed by atoms with Crippen LogP contribution in [0.4, 0.5) is 0 Å². The largest absolute Gasteiger partial charge is 0.507 e. The molecule has 2 aromatic rings. The van der Waals surface area contributed by atoms with Gasteiger partial charge in [-0.2, -0.15) is 0 Å². The highest BCUT2D eigenvalue weighted by atomic mass is 16.5. The van der Waals surface area contributed by atoms with Gasteiger partial charge in [-0.3, -0.25) is 14.5 Å². The van der Waals surface area contributed by atoms with Crippen molar-refractivity contribution in [3.05, 3.63) is 65.2 Å². The molecule has 0 aromatic heterocycles. The summed E-state index contributed by atoms with van der Waals surface area (Å²) >= 11 is 0. The Morgan fingerprint density at radius 1 is 1.00 bits per heavy atom. The fourth-order valence-corrected chi connectivity index (χ4v) is 4.56. The molecule has 2 fully saturated rings. The number of hydrogen-bond donors (Lipinski definition) is 1. The number of benzene rings is 2. The van der Waals surface area contributed by atoms with E-state index in [1.165, 1.54) is 0 Å². The predicted molar refractivity (Wildman–Crippen MR) is 136 cm³/mol. The van der Waals surface area contributed by atoms with Gasteiger partial charge in [0.25, 0.3) is 11.7 Å². The number of Topliss-reactive ketones (excluding diaryl/α,β-unsaturated/α-hetero) is 1. The van der Waals surface area contributed by atoms with E-state index in [9.17, 15) is 14.7 Å². The third-order valence-corrected chi connectivity index (χ3v) is 6.39. The van der Waals surface area contributed by atoms with Gasteiger partial charge in [-0.05, 0) is 55.3 Å². The highest BCUT2D eigenvalue weighted by molar-refractivity contribution is 6.46. The van der Waals surface area contributed by atoms with Crippen LogP contribution in [0.15, 0.2) is 54.1 Å². The van der Waals surface area contributed by atoms with Crippen LogP contribution in [-0.4, -0.2) is 79.2 Å². The normalized spacial score (nSPS) is 20.1. The molecule has 0 bridgehead atoms. The lowest BCUT2D eigenvalue weighted by Gasteiger charge is -2.31. The van der Waals surface area contributed by atoms with Gasteiger partial charge in [0, 0.05) is 31.7 Å². The zero-order valence-corrected chi connectivity index (χ0v) is 20.9. The Hall–Kier alpha value is -3.36. The second kappa shape index (κ2) is 12.1. The van der Waals surface area contributed by atoms with E-state index in [4.69, 9.17) is 14.2 Å². The number of rotatable bonds is 10. The van der Waals surface area contributed by atoms with E-state index in [0.29, 0.717) is 62.1 Å². The molecular weight excluding hydrogens is 460 g/mol. The topological polar surface area (TPSA) is 88.5 Å². The highest BCUT2D eigenvalue weighted by Crippen LogP contribution is 2.40. The molecule has 0 saturated carbocycles. The van der Waals surface area contributed by atoms with Crippen molar-refractivity contribution in [2.45, 2.75) is 26.3 Å². The van der Waals surface area contributed by atoms with E-state index in [-0.39, 0.29) is 11.3 Å². The van der Waals surface area contributed by atoms with Crippen LogP contribution < -0.4 is 9.47 Å². The number of likely N-dealkylation sites (tertiary alicyclic amines) is 1. The lowest BCUT2D eigenvalue weighted by molar-refractivity contribution is -0.140. The Kier molecular flexibility index (Phi) is 8.61. The fourth-order valence-electron chi connectivity index (χ4n) is 4.56. The summed E-state index contributed by atoms with van der Waals surface area (Å²) in [6.07, 6.45) is 0.885. The first-order chi connectivity index (χ1) is 17.5. The number of morpholine rings is 1. The Bertz CT molecular complexity index is 1090. The summed E-state index contributed by atoms with van der Waals surface area (Å²) in [7, 11) is 0. The maximum Gasteiger partial charge on any atom is 0.295 e. The second-order valence-corrected chi connectivity index (χ2v) is 8.82. The van der Waals surface area contributed by atoms with Gasteiger partial charge in [0.2, 0.25) is 0 Å². The number of aliphatic hydroxyl groups is 1. The molecule has 0 radical (unpaired) electrons. The van der Waals surface area contributed by atoms with Crippen molar-refractivity contribution in [1.29, 1.82) is 0 Å². The van der Waals surface area contributed by atoms with Crippen LogP contribution in [0.1, 0.15) is 37.4 Å². The van der Waals surface area contributed by atoms with Gasteiger partial charge < -0.3 is 24.2 Å². The number of ketones is 1. The predicted octanol–water partition coefficient (Wildman–Crippen LogP) is 3.63. The van der Waals surface area contributed by atoms with E-state index >= 15 is 0 Å². The number of carbonyl (C=O) groups is 2. The number of ether oxygens (including phenoxy) is 3. The van der Waals surface area contributed by atoms with Crippen LogP contribution >= 0.6 is 0 Å². The molecule has 0 spiro atoms. The molecule has 2 aliphatic rings. The van der Waals surface area contributed by atoms with Gasteiger partial charge in [0.1, 0.15) is 17.3 Å². The van der Waals surface area contributed by atoms with Crippen LogP contribution in [0.2, 0.25) is 0 Å². The first kappa shape index (κ1) is 25.7. The molecule has 1 amide bonds. The average molecular weight is 495 g/mol. The first-order valence-corrected chi connectivity index (χ1v) is 12.6. The standard InChI is InChI=1S/C28H34N2O6/c1-3-16-36-22-10-8-20(9-11-22)26(31)24-25(21-6-5-7-23(19-21)35-4-2)30(28(33)27(24)32)13-12-29-14-17-34-18-15-29/h5-11,19,25,31H,3-4,12-18H2,1-2H3. The van der Waals surface area contributed by atoms with Crippen LogP contribution in [0, 0.1) is 0 Å². The summed E-state index contributed by atoms with van der Waals surface area (Å²) in [5.74, 6) is -0.172. The number of aliphatic hydroxyl groups excluding tert-OH is 1. The Labute approximate surface area is 212 Å². The molecule has 2 heterocycles. The van der Waals surface area contributed by atoms with Gasteiger partial charge in [-0.1, -0.05) is 19.1 Å². The fraction of sp³-hybridized carbons (Fsp3) is 0.429. The summed E-state index contributed by atoms with van der Waals surface area (Å²) in [4.78, 5) is 30.3. The molecule has 192 valence electrons. The summed E-state index contributed by atoms with van der Waals surface area (Å²) in [6, 6.07) is 13.6. The summed E-state index contributed by atoms with van der Waals surface area (Å²) in [5.41, 5.74) is 1.25. The quantitative estimate of drug-likeness (QED) is 0.307. The third kappa shape index (κ3) is 5.71. The molecule has 8 heteroatoms. The lowest BCUT2D eigenvalue weighted by atomic mass is 9.95. The number of carbonyl (C=O) groups excluding carboxylic acids is 2. The SMILES string of the molecule is CCCOc1ccc(C(O)=C2C(=O)C(=O)N(CCN3CCOCC3)C2c2cccc(OCC)c2)cc1. The average Bonchev–Trinajstić information content (AvgIpc) is 3.16. The maximum atomic E-state index is 13.3. The van der Waals surface area contributed by atoms with Gasteiger partial charge in [0.15, 0.2) is 0 Å². The minimum absolute atomic E-state index is 0.0813. The van der Waals surface area contributed by atoms with Crippen LogP contribution in [-0.2, 0) is 14.3 Å². The zero-order chi connectivity index (χ0) is 25.5. The number of hydrogen-bond acceptors (Lipinski definition) is 7. The van der Waals surface area contributed by atoms with Crippen molar-refractivity contribution in [2.75, 3.05) is 52.6 Å². The maximum absolute atomic E-state index is 13.3. The number of amides is 1. The van der Waals surface area contributed by atoms with Crippen molar-refractivity contribution in [3.63, 3.8) is 0 Å². The van der Waals surface area contributed by atoms with E-state index in [1.54, 1.807) is 29.2 Å². The second-order valence-electron chi connectivity index (χ2n) is 8.82. The molecule has 1 unspecified atom stereocenters. The van der Waals surface area contributed by atoms with Crippen molar-refractivity contribution in [1.82, 2.24) is 9.80 Å². The molecule has 2 aliphatic heterocycles. The van der Waals surface area contributed by atoms with Gasteiger partial charge in [-0.25, -0.2) is 0 Å².